The molecule has 0 fully saturated rings. The van der Waals surface area contributed by atoms with Crippen LogP contribution in [0.3, 0.4) is 0 Å². The van der Waals surface area contributed by atoms with Gasteiger partial charge in [-0.05, 0) is 36.2 Å². The summed E-state index contributed by atoms with van der Waals surface area (Å²) in [6, 6.07) is 15.6. The van der Waals surface area contributed by atoms with Crippen molar-refractivity contribution in [1.82, 2.24) is 5.16 Å². The predicted octanol–water partition coefficient (Wildman–Crippen LogP) is 4.15. The van der Waals surface area contributed by atoms with E-state index in [9.17, 15) is 0 Å². The highest BCUT2D eigenvalue weighted by molar-refractivity contribution is 6.30. The number of nitrogens with two attached hydrogens (primary N) is 1. The Balaban J connectivity index is 1.80. The molecule has 1 aromatic heterocycles. The van der Waals surface area contributed by atoms with Gasteiger partial charge in [0.2, 0.25) is 0 Å². The van der Waals surface area contributed by atoms with Crippen molar-refractivity contribution in [1.29, 1.82) is 0 Å². The van der Waals surface area contributed by atoms with Gasteiger partial charge in [-0.2, -0.15) is 0 Å². The van der Waals surface area contributed by atoms with E-state index < -0.39 is 0 Å². The van der Waals surface area contributed by atoms with Crippen LogP contribution in [0.25, 0.3) is 11.0 Å². The molecule has 2 atom stereocenters. The van der Waals surface area contributed by atoms with Gasteiger partial charge >= 0.3 is 0 Å². The number of hydrogen-bond donors (Lipinski definition) is 1. The number of halogens is 1. The van der Waals surface area contributed by atoms with E-state index in [0.29, 0.717) is 0 Å². The van der Waals surface area contributed by atoms with Crippen molar-refractivity contribution in [3.8, 4) is 0 Å². The Bertz CT molecular complexity index is 736. The molecule has 0 spiro atoms. The molecule has 0 aliphatic rings. The van der Waals surface area contributed by atoms with Gasteiger partial charge in [-0.1, -0.05) is 47.9 Å². The molecule has 1 heterocycles. The smallest absolute Gasteiger partial charge is 0.167 e. The molecule has 2 unspecified atom stereocenters. The lowest BCUT2D eigenvalue weighted by Gasteiger charge is -2.18. The van der Waals surface area contributed by atoms with Crippen molar-refractivity contribution in [3.63, 3.8) is 0 Å². The van der Waals surface area contributed by atoms with Crippen LogP contribution < -0.4 is 5.73 Å². The minimum Gasteiger partial charge on any atom is -0.356 e. The average Bonchev–Trinajstić information content (AvgIpc) is 2.92. The molecule has 108 valence electrons. The zero-order chi connectivity index (χ0) is 14.8. The molecule has 4 heteroatoms. The first kappa shape index (κ1) is 14.1. The molecule has 3 rings (SSSR count). The molecule has 0 aliphatic heterocycles. The topological polar surface area (TPSA) is 52.0 Å². The van der Waals surface area contributed by atoms with E-state index in [4.69, 9.17) is 21.9 Å². The summed E-state index contributed by atoms with van der Waals surface area (Å²) in [6.07, 6.45) is 0.777. The van der Waals surface area contributed by atoms with E-state index in [1.807, 2.05) is 48.5 Å². The highest BCUT2D eigenvalue weighted by atomic mass is 35.5. The van der Waals surface area contributed by atoms with Crippen molar-refractivity contribution in [2.45, 2.75) is 25.3 Å². The highest BCUT2D eigenvalue weighted by Gasteiger charge is 2.21. The molecule has 0 saturated carbocycles. The van der Waals surface area contributed by atoms with Crippen LogP contribution in [0.5, 0.6) is 0 Å². The van der Waals surface area contributed by atoms with Crippen LogP contribution in [-0.4, -0.2) is 11.2 Å². The highest BCUT2D eigenvalue weighted by Crippen LogP contribution is 2.27. The molecule has 3 nitrogen and oxygen atoms in total. The van der Waals surface area contributed by atoms with Gasteiger partial charge in [-0.15, -0.1) is 0 Å². The lowest BCUT2D eigenvalue weighted by molar-refractivity contribution is 0.428. The summed E-state index contributed by atoms with van der Waals surface area (Å²) < 4.78 is 5.36. The Morgan fingerprint density at radius 3 is 2.62 bits per heavy atom. The summed E-state index contributed by atoms with van der Waals surface area (Å²) in [6.45, 7) is 2.09. The monoisotopic (exact) mass is 300 g/mol. The molecular formula is C17H17ClN2O. The summed E-state index contributed by atoms with van der Waals surface area (Å²) in [5.74, 6) is 0.115. The average molecular weight is 301 g/mol. The Labute approximate surface area is 128 Å². The summed E-state index contributed by atoms with van der Waals surface area (Å²) in [5, 5.41) is 5.97. The lowest BCUT2D eigenvalue weighted by Crippen LogP contribution is -2.29. The van der Waals surface area contributed by atoms with Crippen molar-refractivity contribution in [2.24, 2.45) is 5.73 Å². The summed E-state index contributed by atoms with van der Waals surface area (Å²) in [7, 11) is 0. The number of nitrogens with zero attached hydrogens (tertiary/aromatic N) is 1. The third-order valence-electron chi connectivity index (χ3n) is 3.86. The molecule has 3 aromatic rings. The second-order valence-electron chi connectivity index (χ2n) is 5.35. The number of para-hydroxylation sites is 1. The summed E-state index contributed by atoms with van der Waals surface area (Å²) in [4.78, 5) is 0. The van der Waals surface area contributed by atoms with Crippen molar-refractivity contribution in [3.05, 3.63) is 64.8 Å². The standard InChI is InChI=1S/C17H17ClN2O/c1-11(15(19)10-12-6-8-13(18)9-7-12)17-14-4-2-3-5-16(14)21-20-17/h2-9,11,15H,10,19H2,1H3. The third-order valence-corrected chi connectivity index (χ3v) is 4.12. The van der Waals surface area contributed by atoms with Crippen LogP contribution >= 0.6 is 11.6 Å². The molecule has 2 N–H and O–H groups in total. The molecule has 0 radical (unpaired) electrons. The fourth-order valence-electron chi connectivity index (χ4n) is 2.51. The molecule has 2 aromatic carbocycles. The normalized spacial score (nSPS) is 14.2. The van der Waals surface area contributed by atoms with Crippen LogP contribution in [0.1, 0.15) is 24.1 Å². The SMILES string of the molecule is CC(c1noc2ccccc12)C(N)Cc1ccc(Cl)cc1. The second-order valence-corrected chi connectivity index (χ2v) is 5.78. The van der Waals surface area contributed by atoms with Crippen LogP contribution in [0, 0.1) is 0 Å². The van der Waals surface area contributed by atoms with Gasteiger partial charge in [-0.25, -0.2) is 0 Å². The fourth-order valence-corrected chi connectivity index (χ4v) is 2.63. The van der Waals surface area contributed by atoms with Gasteiger partial charge in [0, 0.05) is 22.4 Å². The minimum absolute atomic E-state index is 0.0281. The summed E-state index contributed by atoms with van der Waals surface area (Å²) in [5.41, 5.74) is 9.25. The first-order valence-electron chi connectivity index (χ1n) is 6.99. The maximum Gasteiger partial charge on any atom is 0.167 e. The first-order valence-corrected chi connectivity index (χ1v) is 7.37. The Kier molecular flexibility index (Phi) is 3.95. The second kappa shape index (κ2) is 5.88. The number of fused-ring (bicyclic) bond motifs is 1. The molecular weight excluding hydrogens is 284 g/mol. The molecule has 0 bridgehead atoms. The van der Waals surface area contributed by atoms with Crippen molar-refractivity contribution >= 4 is 22.6 Å². The van der Waals surface area contributed by atoms with Crippen LogP contribution in [0.2, 0.25) is 5.02 Å². The Morgan fingerprint density at radius 1 is 1.14 bits per heavy atom. The number of hydrogen-bond acceptors (Lipinski definition) is 3. The number of benzene rings is 2. The van der Waals surface area contributed by atoms with Crippen LogP contribution in [0.4, 0.5) is 0 Å². The Hall–Kier alpha value is -1.84. The largest absolute Gasteiger partial charge is 0.356 e. The van der Waals surface area contributed by atoms with Gasteiger partial charge < -0.3 is 10.3 Å². The van der Waals surface area contributed by atoms with E-state index in [1.54, 1.807) is 0 Å². The molecule has 0 saturated heterocycles. The fraction of sp³-hybridized carbons (Fsp3) is 0.235. The maximum absolute atomic E-state index is 6.35. The van der Waals surface area contributed by atoms with E-state index in [2.05, 4.69) is 12.1 Å². The van der Waals surface area contributed by atoms with E-state index in [0.717, 1.165) is 28.1 Å². The minimum atomic E-state index is -0.0281. The van der Waals surface area contributed by atoms with Gasteiger partial charge in [0.05, 0.1) is 5.69 Å². The number of aromatic nitrogens is 1. The molecule has 0 amide bonds. The molecule has 21 heavy (non-hydrogen) atoms. The van der Waals surface area contributed by atoms with Gasteiger partial charge in [0.25, 0.3) is 0 Å². The van der Waals surface area contributed by atoms with Crippen LogP contribution in [-0.2, 0) is 6.42 Å². The van der Waals surface area contributed by atoms with Crippen LogP contribution in [0.15, 0.2) is 53.1 Å². The maximum atomic E-state index is 6.35. The van der Waals surface area contributed by atoms with E-state index in [1.165, 1.54) is 5.56 Å². The lowest BCUT2D eigenvalue weighted by atomic mass is 9.91. The van der Waals surface area contributed by atoms with Crippen molar-refractivity contribution < 1.29 is 4.52 Å². The zero-order valence-electron chi connectivity index (χ0n) is 11.8. The predicted molar refractivity (Wildman–Crippen MR) is 85.6 cm³/mol. The zero-order valence-corrected chi connectivity index (χ0v) is 12.5. The van der Waals surface area contributed by atoms with E-state index >= 15 is 0 Å². The van der Waals surface area contributed by atoms with Gasteiger partial charge in [0.1, 0.15) is 0 Å². The number of rotatable bonds is 4. The quantitative estimate of drug-likeness (QED) is 0.787. The van der Waals surface area contributed by atoms with E-state index in [-0.39, 0.29) is 12.0 Å². The van der Waals surface area contributed by atoms with Gasteiger partial charge in [0.15, 0.2) is 5.58 Å². The third kappa shape index (κ3) is 2.94. The Morgan fingerprint density at radius 2 is 1.86 bits per heavy atom. The first-order chi connectivity index (χ1) is 10.1. The summed E-state index contributed by atoms with van der Waals surface area (Å²) >= 11 is 5.90. The van der Waals surface area contributed by atoms with Crippen molar-refractivity contribution in [2.75, 3.05) is 0 Å². The molecule has 0 aliphatic carbocycles. The van der Waals surface area contributed by atoms with Gasteiger partial charge in [-0.3, -0.25) is 0 Å².